The smallest absolute Gasteiger partial charge is 0.237 e. The lowest BCUT2D eigenvalue weighted by Crippen LogP contribution is -2.53. The molecular formula is C21H30N4O3. The van der Waals surface area contributed by atoms with Crippen molar-refractivity contribution in [2.45, 2.75) is 33.4 Å². The number of nitrogens with one attached hydrogen (secondary N) is 1. The fraction of sp³-hybridized carbons (Fsp3) is 0.524. The molecule has 2 aromatic rings. The molecule has 1 aliphatic rings. The third kappa shape index (κ3) is 5.81. The molecule has 0 radical (unpaired) electrons. The molecule has 1 atom stereocenters. The van der Waals surface area contributed by atoms with Crippen LogP contribution < -0.4 is 10.1 Å². The highest BCUT2D eigenvalue weighted by Crippen LogP contribution is 2.12. The number of ether oxygens (including phenoxy) is 1. The minimum absolute atomic E-state index is 0.0495. The fourth-order valence-corrected chi connectivity index (χ4v) is 3.39. The first-order valence-corrected chi connectivity index (χ1v) is 9.87. The van der Waals surface area contributed by atoms with Gasteiger partial charge >= 0.3 is 0 Å². The second-order valence-electron chi connectivity index (χ2n) is 7.37. The Bertz CT molecular complexity index is 769. The van der Waals surface area contributed by atoms with E-state index >= 15 is 0 Å². The Morgan fingerprint density at radius 3 is 2.71 bits per heavy atom. The standard InChI is InChI=1S/C21H30N4O3/c1-16-5-4-6-20(13-16)27-12-7-22-21(26)18(3)25-10-8-24(9-11-25)15-19-14-17(2)28-23-19/h4-6,13-14,18H,7-12,15H2,1-3H3,(H,22,26). The number of aryl methyl sites for hydroxylation is 2. The Balaban J connectivity index is 1.34. The van der Waals surface area contributed by atoms with Gasteiger partial charge in [-0.05, 0) is 38.5 Å². The van der Waals surface area contributed by atoms with Gasteiger partial charge in [0.1, 0.15) is 18.1 Å². The zero-order valence-corrected chi connectivity index (χ0v) is 17.0. The highest BCUT2D eigenvalue weighted by atomic mass is 16.5. The minimum atomic E-state index is -0.143. The van der Waals surface area contributed by atoms with Crippen LogP contribution in [0.25, 0.3) is 0 Å². The molecule has 0 saturated carbocycles. The van der Waals surface area contributed by atoms with Crippen molar-refractivity contribution in [3.63, 3.8) is 0 Å². The Hall–Kier alpha value is -2.38. The first-order chi connectivity index (χ1) is 13.5. The topological polar surface area (TPSA) is 70.8 Å². The van der Waals surface area contributed by atoms with Gasteiger partial charge in [0.25, 0.3) is 0 Å². The molecule has 1 fully saturated rings. The summed E-state index contributed by atoms with van der Waals surface area (Å²) in [6.07, 6.45) is 0. The van der Waals surface area contributed by atoms with Crippen LogP contribution in [0.4, 0.5) is 0 Å². The largest absolute Gasteiger partial charge is 0.492 e. The molecule has 0 spiro atoms. The summed E-state index contributed by atoms with van der Waals surface area (Å²) in [5.41, 5.74) is 2.12. The normalized spacial score (nSPS) is 16.7. The molecule has 28 heavy (non-hydrogen) atoms. The number of carbonyl (C=O) groups excluding carboxylic acids is 1. The van der Waals surface area contributed by atoms with E-state index in [-0.39, 0.29) is 11.9 Å². The number of rotatable bonds is 8. The van der Waals surface area contributed by atoms with E-state index in [1.807, 2.05) is 51.1 Å². The van der Waals surface area contributed by atoms with E-state index < -0.39 is 0 Å². The molecule has 1 N–H and O–H groups in total. The molecule has 1 amide bonds. The molecule has 152 valence electrons. The summed E-state index contributed by atoms with van der Waals surface area (Å²) >= 11 is 0. The van der Waals surface area contributed by atoms with Crippen LogP contribution in [0.15, 0.2) is 34.9 Å². The number of carbonyl (C=O) groups is 1. The second kappa shape index (κ2) is 9.71. The SMILES string of the molecule is Cc1cccc(OCCNC(=O)C(C)N2CCN(Cc3cc(C)on3)CC2)c1. The van der Waals surface area contributed by atoms with Gasteiger partial charge < -0.3 is 14.6 Å². The van der Waals surface area contributed by atoms with Crippen LogP contribution in [-0.2, 0) is 11.3 Å². The summed E-state index contributed by atoms with van der Waals surface area (Å²) in [6.45, 7) is 11.2. The summed E-state index contributed by atoms with van der Waals surface area (Å²) in [6, 6.07) is 9.75. The Labute approximate surface area is 166 Å². The van der Waals surface area contributed by atoms with E-state index in [1.165, 1.54) is 0 Å². The maximum absolute atomic E-state index is 12.4. The number of hydrogen-bond donors (Lipinski definition) is 1. The number of hydrogen-bond acceptors (Lipinski definition) is 6. The van der Waals surface area contributed by atoms with Crippen molar-refractivity contribution in [1.82, 2.24) is 20.3 Å². The van der Waals surface area contributed by atoms with Gasteiger partial charge in [0.05, 0.1) is 18.3 Å². The van der Waals surface area contributed by atoms with Crippen molar-refractivity contribution in [1.29, 1.82) is 0 Å². The molecule has 1 aliphatic heterocycles. The second-order valence-corrected chi connectivity index (χ2v) is 7.37. The lowest BCUT2D eigenvalue weighted by Gasteiger charge is -2.37. The Morgan fingerprint density at radius 2 is 2.04 bits per heavy atom. The molecule has 1 aromatic heterocycles. The molecule has 2 heterocycles. The number of aromatic nitrogens is 1. The van der Waals surface area contributed by atoms with E-state index in [9.17, 15) is 4.79 Å². The van der Waals surface area contributed by atoms with Crippen molar-refractivity contribution < 1.29 is 14.1 Å². The van der Waals surface area contributed by atoms with Crippen molar-refractivity contribution in [3.05, 3.63) is 47.3 Å². The third-order valence-corrected chi connectivity index (χ3v) is 5.06. The molecular weight excluding hydrogens is 356 g/mol. The summed E-state index contributed by atoms with van der Waals surface area (Å²) in [5, 5.41) is 7.03. The van der Waals surface area contributed by atoms with Crippen LogP contribution in [0.5, 0.6) is 5.75 Å². The molecule has 0 bridgehead atoms. The van der Waals surface area contributed by atoms with E-state index in [1.54, 1.807) is 0 Å². The van der Waals surface area contributed by atoms with Gasteiger partial charge in [0.2, 0.25) is 5.91 Å². The molecule has 1 saturated heterocycles. The lowest BCUT2D eigenvalue weighted by molar-refractivity contribution is -0.126. The Morgan fingerprint density at radius 1 is 1.25 bits per heavy atom. The van der Waals surface area contributed by atoms with Crippen LogP contribution in [0.1, 0.15) is 23.9 Å². The maximum Gasteiger partial charge on any atom is 0.237 e. The lowest BCUT2D eigenvalue weighted by atomic mass is 10.2. The third-order valence-electron chi connectivity index (χ3n) is 5.06. The molecule has 3 rings (SSSR count). The average molecular weight is 386 g/mol. The van der Waals surface area contributed by atoms with Crippen LogP contribution in [-0.4, -0.2) is 66.2 Å². The van der Waals surface area contributed by atoms with Crippen molar-refractivity contribution >= 4 is 5.91 Å². The van der Waals surface area contributed by atoms with E-state index in [2.05, 4.69) is 20.3 Å². The maximum atomic E-state index is 12.4. The van der Waals surface area contributed by atoms with Crippen LogP contribution in [0, 0.1) is 13.8 Å². The zero-order chi connectivity index (χ0) is 19.9. The van der Waals surface area contributed by atoms with Gasteiger partial charge in [0, 0.05) is 38.8 Å². The highest BCUT2D eigenvalue weighted by Gasteiger charge is 2.25. The van der Waals surface area contributed by atoms with Crippen molar-refractivity contribution in [2.75, 3.05) is 39.3 Å². The van der Waals surface area contributed by atoms with E-state index in [0.29, 0.717) is 13.2 Å². The van der Waals surface area contributed by atoms with E-state index in [4.69, 9.17) is 9.26 Å². The van der Waals surface area contributed by atoms with Gasteiger partial charge in [-0.3, -0.25) is 14.6 Å². The highest BCUT2D eigenvalue weighted by molar-refractivity contribution is 5.81. The predicted molar refractivity (Wildman–Crippen MR) is 107 cm³/mol. The summed E-state index contributed by atoms with van der Waals surface area (Å²) in [4.78, 5) is 17.0. The summed E-state index contributed by atoms with van der Waals surface area (Å²) in [7, 11) is 0. The molecule has 1 unspecified atom stereocenters. The first kappa shape index (κ1) is 20.4. The van der Waals surface area contributed by atoms with Crippen LogP contribution >= 0.6 is 0 Å². The van der Waals surface area contributed by atoms with Crippen molar-refractivity contribution in [2.24, 2.45) is 0 Å². The van der Waals surface area contributed by atoms with Gasteiger partial charge in [0.15, 0.2) is 0 Å². The van der Waals surface area contributed by atoms with Crippen LogP contribution in [0.2, 0.25) is 0 Å². The van der Waals surface area contributed by atoms with Crippen molar-refractivity contribution in [3.8, 4) is 5.75 Å². The molecule has 7 nitrogen and oxygen atoms in total. The number of piperazine rings is 1. The first-order valence-electron chi connectivity index (χ1n) is 9.87. The number of nitrogens with zero attached hydrogens (tertiary/aromatic N) is 3. The summed E-state index contributed by atoms with van der Waals surface area (Å²) < 4.78 is 10.8. The fourth-order valence-electron chi connectivity index (χ4n) is 3.39. The monoisotopic (exact) mass is 386 g/mol. The number of benzene rings is 1. The van der Waals surface area contributed by atoms with Gasteiger partial charge in [-0.2, -0.15) is 0 Å². The van der Waals surface area contributed by atoms with Crippen LogP contribution in [0.3, 0.4) is 0 Å². The van der Waals surface area contributed by atoms with Gasteiger partial charge in [-0.1, -0.05) is 17.3 Å². The number of amides is 1. The zero-order valence-electron chi connectivity index (χ0n) is 17.0. The van der Waals surface area contributed by atoms with Gasteiger partial charge in [-0.25, -0.2) is 0 Å². The quantitative estimate of drug-likeness (QED) is 0.700. The van der Waals surface area contributed by atoms with Gasteiger partial charge in [-0.15, -0.1) is 0 Å². The average Bonchev–Trinajstić information content (AvgIpc) is 3.10. The van der Waals surface area contributed by atoms with E-state index in [0.717, 1.165) is 55.5 Å². The minimum Gasteiger partial charge on any atom is -0.492 e. The molecule has 7 heteroatoms. The predicted octanol–water partition coefficient (Wildman–Crippen LogP) is 1.99. The summed E-state index contributed by atoms with van der Waals surface area (Å²) in [5.74, 6) is 1.72. The molecule has 0 aliphatic carbocycles. The Kier molecular flexibility index (Phi) is 7.06. The molecule has 1 aromatic carbocycles.